The lowest BCUT2D eigenvalue weighted by Gasteiger charge is -2.27. The Morgan fingerprint density at radius 3 is 2.82 bits per heavy atom. The summed E-state index contributed by atoms with van der Waals surface area (Å²) in [6.07, 6.45) is 6.74. The van der Waals surface area contributed by atoms with E-state index in [4.69, 9.17) is 10.5 Å². The van der Waals surface area contributed by atoms with Gasteiger partial charge in [-0.15, -0.1) is 11.8 Å². The Hall–Kier alpha value is -1.64. The van der Waals surface area contributed by atoms with E-state index in [9.17, 15) is 9.18 Å². The Morgan fingerprint density at radius 1 is 1.29 bits per heavy atom. The maximum atomic E-state index is 14.5. The van der Waals surface area contributed by atoms with Gasteiger partial charge in [-0.3, -0.25) is 4.79 Å². The zero-order chi connectivity index (χ0) is 19.5. The molecule has 0 radical (unpaired) electrons. The van der Waals surface area contributed by atoms with Gasteiger partial charge >= 0.3 is 0 Å². The fourth-order valence-corrected chi connectivity index (χ4v) is 5.03. The third-order valence-electron chi connectivity index (χ3n) is 5.58. The zero-order valence-electron chi connectivity index (χ0n) is 15.9. The summed E-state index contributed by atoms with van der Waals surface area (Å²) < 4.78 is 20.2. The molecule has 0 unspecified atom stereocenters. The Bertz CT molecular complexity index is 876. The molecular formula is C20H27FN4O2S. The highest BCUT2D eigenvalue weighted by atomic mass is 32.2. The summed E-state index contributed by atoms with van der Waals surface area (Å²) in [4.78, 5) is 19.7. The Morgan fingerprint density at radius 2 is 2.11 bits per heavy atom. The molecule has 0 amide bonds. The van der Waals surface area contributed by atoms with Gasteiger partial charge in [-0.2, -0.15) is 0 Å². The lowest BCUT2D eigenvalue weighted by molar-refractivity contribution is 0.0259. The second-order valence-electron chi connectivity index (χ2n) is 7.69. The standard InChI is InChI=1S/C20H27FN4O2S/c21-16-7-13(23-12-3-1-2-4-12)8-17-19(16)20(26)25-18(24-17)11-28-15-6-5-14(9-22)27-10-15/h7-8,12,14-15,23H,1-6,9-11,22H2,(H,24,25,26)/t14-,15-/m1/s1. The van der Waals surface area contributed by atoms with Crippen molar-refractivity contribution in [2.24, 2.45) is 5.73 Å². The molecule has 2 heterocycles. The van der Waals surface area contributed by atoms with Crippen molar-refractivity contribution < 1.29 is 9.13 Å². The molecule has 8 heteroatoms. The second kappa shape index (κ2) is 8.80. The summed E-state index contributed by atoms with van der Waals surface area (Å²) in [5.41, 5.74) is 6.32. The van der Waals surface area contributed by atoms with Crippen molar-refractivity contribution in [3.05, 3.63) is 34.1 Å². The molecule has 2 aromatic rings. The zero-order valence-corrected chi connectivity index (χ0v) is 16.7. The Kier molecular flexibility index (Phi) is 6.18. The van der Waals surface area contributed by atoms with Gasteiger partial charge < -0.3 is 20.8 Å². The number of ether oxygens (including phenoxy) is 1. The molecule has 1 saturated heterocycles. The maximum absolute atomic E-state index is 14.5. The first kappa shape index (κ1) is 19.7. The lowest BCUT2D eigenvalue weighted by atomic mass is 10.1. The molecule has 28 heavy (non-hydrogen) atoms. The molecule has 2 fully saturated rings. The van der Waals surface area contributed by atoms with Crippen LogP contribution in [0.1, 0.15) is 44.3 Å². The number of thioether (sulfide) groups is 1. The van der Waals surface area contributed by atoms with E-state index >= 15 is 0 Å². The van der Waals surface area contributed by atoms with Crippen molar-refractivity contribution in [3.63, 3.8) is 0 Å². The molecule has 6 nitrogen and oxygen atoms in total. The van der Waals surface area contributed by atoms with Crippen LogP contribution in [0.5, 0.6) is 0 Å². The second-order valence-corrected chi connectivity index (χ2v) is 8.98. The molecule has 152 valence electrons. The molecule has 4 N–H and O–H groups in total. The molecule has 1 aliphatic heterocycles. The number of hydrogen-bond acceptors (Lipinski definition) is 6. The van der Waals surface area contributed by atoms with E-state index in [0.29, 0.717) is 47.2 Å². The number of rotatable bonds is 6. The summed E-state index contributed by atoms with van der Waals surface area (Å²) in [6.45, 7) is 1.22. The normalized spacial score (nSPS) is 23.4. The fraction of sp³-hybridized carbons (Fsp3) is 0.600. The van der Waals surface area contributed by atoms with Gasteiger partial charge in [0.25, 0.3) is 5.56 Å². The quantitative estimate of drug-likeness (QED) is 0.682. The first-order valence-electron chi connectivity index (χ1n) is 10.0. The average Bonchev–Trinajstić information content (AvgIpc) is 3.19. The Labute approximate surface area is 167 Å². The number of aromatic amines is 1. The van der Waals surface area contributed by atoms with Crippen LogP contribution in [0.25, 0.3) is 10.9 Å². The van der Waals surface area contributed by atoms with Gasteiger partial charge in [0, 0.05) is 23.5 Å². The van der Waals surface area contributed by atoms with Crippen molar-refractivity contribution in [1.82, 2.24) is 9.97 Å². The molecular weight excluding hydrogens is 379 g/mol. The van der Waals surface area contributed by atoms with Crippen LogP contribution in [0.15, 0.2) is 16.9 Å². The Balaban J connectivity index is 1.48. The molecule has 0 bridgehead atoms. The van der Waals surface area contributed by atoms with Crippen LogP contribution in [-0.4, -0.2) is 40.5 Å². The van der Waals surface area contributed by atoms with E-state index < -0.39 is 11.4 Å². The minimum Gasteiger partial charge on any atom is -0.382 e. The van der Waals surface area contributed by atoms with Crippen LogP contribution < -0.4 is 16.6 Å². The number of benzene rings is 1. The number of hydrogen-bond donors (Lipinski definition) is 3. The van der Waals surface area contributed by atoms with Crippen molar-refractivity contribution in [2.75, 3.05) is 18.5 Å². The minimum atomic E-state index is -0.528. The largest absolute Gasteiger partial charge is 0.382 e. The van der Waals surface area contributed by atoms with E-state index in [2.05, 4.69) is 15.3 Å². The molecule has 1 aromatic heterocycles. The number of nitrogens with two attached hydrogens (primary N) is 1. The van der Waals surface area contributed by atoms with E-state index in [1.54, 1.807) is 17.8 Å². The van der Waals surface area contributed by atoms with Crippen molar-refractivity contribution >= 4 is 28.4 Å². The molecule has 1 saturated carbocycles. The summed E-state index contributed by atoms with van der Waals surface area (Å²) in [5.74, 6) is 0.606. The van der Waals surface area contributed by atoms with Crippen molar-refractivity contribution in [2.45, 2.75) is 61.7 Å². The molecule has 1 aromatic carbocycles. The fourth-order valence-electron chi connectivity index (χ4n) is 4.03. The van der Waals surface area contributed by atoms with Crippen LogP contribution in [0.3, 0.4) is 0 Å². The van der Waals surface area contributed by atoms with E-state index in [0.717, 1.165) is 25.7 Å². The van der Waals surface area contributed by atoms with E-state index in [1.165, 1.54) is 18.9 Å². The highest BCUT2D eigenvalue weighted by Gasteiger charge is 2.22. The van der Waals surface area contributed by atoms with Gasteiger partial charge in [0.15, 0.2) is 0 Å². The number of nitrogens with one attached hydrogen (secondary N) is 2. The molecule has 2 atom stereocenters. The van der Waals surface area contributed by atoms with Crippen LogP contribution in [0.4, 0.5) is 10.1 Å². The SMILES string of the molecule is NC[C@H]1CC[C@@H](SCc2nc3cc(NC4CCCC4)cc(F)c3c(=O)[nH]2)CO1. The van der Waals surface area contributed by atoms with Gasteiger partial charge in [0.1, 0.15) is 17.0 Å². The van der Waals surface area contributed by atoms with Gasteiger partial charge in [-0.25, -0.2) is 9.37 Å². The number of nitrogens with zero attached hydrogens (tertiary/aromatic N) is 1. The van der Waals surface area contributed by atoms with Gasteiger partial charge in [-0.1, -0.05) is 12.8 Å². The van der Waals surface area contributed by atoms with E-state index in [1.807, 2.05) is 0 Å². The highest BCUT2D eigenvalue weighted by Crippen LogP contribution is 2.27. The summed E-state index contributed by atoms with van der Waals surface area (Å²) in [5, 5.41) is 3.76. The van der Waals surface area contributed by atoms with Crippen molar-refractivity contribution in [3.8, 4) is 0 Å². The smallest absolute Gasteiger partial charge is 0.261 e. The van der Waals surface area contributed by atoms with Gasteiger partial charge in [0.05, 0.1) is 24.0 Å². The van der Waals surface area contributed by atoms with Crippen LogP contribution in [-0.2, 0) is 10.5 Å². The predicted octanol–water partition coefficient (Wildman–Crippen LogP) is 3.16. The maximum Gasteiger partial charge on any atom is 0.261 e. The predicted molar refractivity (Wildman–Crippen MR) is 111 cm³/mol. The first-order chi connectivity index (χ1) is 13.6. The lowest BCUT2D eigenvalue weighted by Crippen LogP contribution is -2.33. The summed E-state index contributed by atoms with van der Waals surface area (Å²) >= 11 is 1.71. The third kappa shape index (κ3) is 4.50. The van der Waals surface area contributed by atoms with Crippen LogP contribution >= 0.6 is 11.8 Å². The summed E-state index contributed by atoms with van der Waals surface area (Å²) in [6, 6.07) is 3.56. The van der Waals surface area contributed by atoms with Gasteiger partial charge in [-0.05, 0) is 37.8 Å². The molecule has 2 aliphatic rings. The number of halogens is 1. The molecule has 4 rings (SSSR count). The van der Waals surface area contributed by atoms with Crippen LogP contribution in [0.2, 0.25) is 0 Å². The van der Waals surface area contributed by atoms with Gasteiger partial charge in [0.2, 0.25) is 0 Å². The van der Waals surface area contributed by atoms with Crippen molar-refractivity contribution in [1.29, 1.82) is 0 Å². The van der Waals surface area contributed by atoms with Crippen LogP contribution in [0, 0.1) is 5.82 Å². The third-order valence-corrected chi connectivity index (χ3v) is 6.87. The average molecular weight is 407 g/mol. The monoisotopic (exact) mass is 406 g/mol. The first-order valence-corrected chi connectivity index (χ1v) is 11.1. The highest BCUT2D eigenvalue weighted by molar-refractivity contribution is 7.99. The molecule has 0 spiro atoms. The number of aromatic nitrogens is 2. The minimum absolute atomic E-state index is 0.0255. The summed E-state index contributed by atoms with van der Waals surface area (Å²) in [7, 11) is 0. The number of anilines is 1. The van der Waals surface area contributed by atoms with E-state index in [-0.39, 0.29) is 11.5 Å². The number of fused-ring (bicyclic) bond motifs is 1. The topological polar surface area (TPSA) is 93.0 Å². The number of H-pyrrole nitrogens is 1. The molecule has 1 aliphatic carbocycles.